The molecule has 0 fully saturated rings. The molecule has 0 aromatic carbocycles. The van der Waals surface area contributed by atoms with Gasteiger partial charge in [0.25, 0.3) is 0 Å². The minimum absolute atomic E-state index is 0.840. The Morgan fingerprint density at radius 2 is 2.43 bits per heavy atom. The molecule has 0 aliphatic heterocycles. The van der Waals surface area contributed by atoms with Crippen LogP contribution in [-0.4, -0.2) is 0 Å². The van der Waals surface area contributed by atoms with E-state index in [1.807, 2.05) is 11.3 Å². The molecule has 0 unspecified atom stereocenters. The fraction of sp³-hybridized carbons (Fsp3) is 0.200. The molecule has 1 heterocycles. The van der Waals surface area contributed by atoms with Crippen LogP contribution >= 0.6 is 11.3 Å². The van der Waals surface area contributed by atoms with Crippen LogP contribution in [0.2, 0.25) is 0 Å². The molecule has 0 nitrogen and oxygen atoms in total. The molecule has 0 atom stereocenters. The van der Waals surface area contributed by atoms with Gasteiger partial charge in [0.2, 0.25) is 0 Å². The van der Waals surface area contributed by atoms with E-state index in [9.17, 15) is 0 Å². The Morgan fingerprint density at radius 1 is 1.71 bits per heavy atom. The van der Waals surface area contributed by atoms with Crippen molar-refractivity contribution in [3.8, 4) is 0 Å². The van der Waals surface area contributed by atoms with Crippen molar-refractivity contribution in [2.75, 3.05) is 0 Å². The van der Waals surface area contributed by atoms with Crippen LogP contribution in [-0.2, 0) is 26.1 Å². The van der Waals surface area contributed by atoms with Gasteiger partial charge in [0.1, 0.15) is 0 Å². The molecule has 1 aromatic rings. The molecule has 33 valence electrons. The summed E-state index contributed by atoms with van der Waals surface area (Å²) in [6, 6.07) is 2.23. The van der Waals surface area contributed by atoms with Gasteiger partial charge in [-0.3, -0.25) is 0 Å². The van der Waals surface area contributed by atoms with Gasteiger partial charge in [0, 0.05) is 0 Å². The van der Waals surface area contributed by atoms with Crippen molar-refractivity contribution in [2.45, 2.75) is 6.92 Å². The van der Waals surface area contributed by atoms with Crippen LogP contribution in [0.25, 0.3) is 0 Å². The third-order valence-electron chi connectivity index (χ3n) is 0.966. The topological polar surface area (TPSA) is 0 Å². The molecule has 0 bridgehead atoms. The Morgan fingerprint density at radius 3 is 2.57 bits per heavy atom. The van der Waals surface area contributed by atoms with Gasteiger partial charge in [-0.05, 0) is 0 Å². The molecule has 0 spiro atoms. The molecule has 0 N–H and O–H groups in total. The molecule has 0 saturated heterocycles. The zero-order valence-corrected chi connectivity index (χ0v) is 10.6. The summed E-state index contributed by atoms with van der Waals surface area (Å²) in [4.78, 5) is 1.52. The summed E-state index contributed by atoms with van der Waals surface area (Å²) in [6.45, 7) is 2.19. The van der Waals surface area contributed by atoms with Crippen LogP contribution in [0.1, 0.15) is 4.88 Å². The SMILES string of the molecule is Cc1scc[c]1[Hg]. The first-order valence-electron chi connectivity index (χ1n) is 2.17. The van der Waals surface area contributed by atoms with Crippen molar-refractivity contribution in [3.05, 3.63) is 16.3 Å². The zero-order chi connectivity index (χ0) is 5.28. The second-order valence-corrected chi connectivity index (χ2v) is 5.58. The zero-order valence-electron chi connectivity index (χ0n) is 4.27. The van der Waals surface area contributed by atoms with Crippen molar-refractivity contribution in [2.24, 2.45) is 0 Å². The van der Waals surface area contributed by atoms with Crippen molar-refractivity contribution in [1.82, 2.24) is 0 Å². The molecule has 1 aromatic heterocycles. The first-order chi connectivity index (χ1) is 3.30. The Balaban J connectivity index is 3.12. The van der Waals surface area contributed by atoms with E-state index < -0.39 is 0 Å². The third kappa shape index (κ3) is 1.26. The quantitative estimate of drug-likeness (QED) is 0.632. The van der Waals surface area contributed by atoms with Crippen molar-refractivity contribution in [1.29, 1.82) is 0 Å². The first-order valence-corrected chi connectivity index (χ1v) is 5.79. The van der Waals surface area contributed by atoms with Gasteiger partial charge in [-0.25, -0.2) is 0 Å². The Kier molecular flexibility index (Phi) is 1.87. The van der Waals surface area contributed by atoms with Crippen LogP contribution in [0.15, 0.2) is 11.4 Å². The average Bonchev–Trinajstić information content (AvgIpc) is 1.91. The van der Waals surface area contributed by atoms with Gasteiger partial charge in [-0.2, -0.15) is 0 Å². The monoisotopic (exact) mass is 299 g/mol. The molecule has 0 aliphatic rings. The summed E-state index contributed by atoms with van der Waals surface area (Å²) < 4.78 is 1.60. The Bertz CT molecular complexity index is 140. The third-order valence-corrected chi connectivity index (χ3v) is 5.83. The molecule has 0 amide bonds. The maximum absolute atomic E-state index is 2.23. The van der Waals surface area contributed by atoms with Gasteiger partial charge in [-0.15, -0.1) is 0 Å². The predicted octanol–water partition coefficient (Wildman–Crippen LogP) is 1.23. The second kappa shape index (κ2) is 2.27. The molecule has 0 saturated carbocycles. The first kappa shape index (κ1) is 5.77. The molecular weight excluding hydrogens is 293 g/mol. The summed E-state index contributed by atoms with van der Waals surface area (Å²) in [5.74, 6) is 0. The summed E-state index contributed by atoms with van der Waals surface area (Å²) in [5.41, 5.74) is 0. The van der Waals surface area contributed by atoms with E-state index in [2.05, 4.69) is 18.4 Å². The standard InChI is InChI=1S/C5H5S.Hg/c1-5-3-2-4-6-5;/h2,4H,1H3;. The number of aryl methyl sites for hydroxylation is 1. The molecule has 0 radical (unpaired) electrons. The number of thiophene rings is 1. The van der Waals surface area contributed by atoms with Crippen molar-refractivity contribution in [3.63, 3.8) is 0 Å². The summed E-state index contributed by atoms with van der Waals surface area (Å²) in [5, 5.41) is 2.16. The van der Waals surface area contributed by atoms with E-state index in [1.165, 1.54) is 4.88 Å². The van der Waals surface area contributed by atoms with E-state index in [0.29, 0.717) is 0 Å². The van der Waals surface area contributed by atoms with E-state index in [0.717, 1.165) is 26.1 Å². The van der Waals surface area contributed by atoms with Gasteiger partial charge in [-0.1, -0.05) is 0 Å². The van der Waals surface area contributed by atoms with Gasteiger partial charge in [0.05, 0.1) is 0 Å². The van der Waals surface area contributed by atoms with Crippen LogP contribution in [0.3, 0.4) is 0 Å². The number of hydrogen-bond acceptors (Lipinski definition) is 1. The summed E-state index contributed by atoms with van der Waals surface area (Å²) in [7, 11) is 0. The van der Waals surface area contributed by atoms with E-state index in [-0.39, 0.29) is 0 Å². The second-order valence-electron chi connectivity index (χ2n) is 1.50. The Hall–Kier alpha value is 0.635. The van der Waals surface area contributed by atoms with Gasteiger partial charge in [0.15, 0.2) is 0 Å². The normalized spacial score (nSPS) is 9.57. The van der Waals surface area contributed by atoms with Crippen LogP contribution in [0.4, 0.5) is 0 Å². The predicted molar refractivity (Wildman–Crippen MR) is 28.7 cm³/mol. The summed E-state index contributed by atoms with van der Waals surface area (Å²) >= 11 is 2.69. The van der Waals surface area contributed by atoms with Crippen LogP contribution < -0.4 is 3.07 Å². The molecule has 1 rings (SSSR count). The minimum atomic E-state index is 0.840. The maximum atomic E-state index is 2.23. The molecule has 2 heteroatoms. The van der Waals surface area contributed by atoms with Gasteiger partial charge < -0.3 is 0 Å². The number of rotatable bonds is 0. The molecule has 7 heavy (non-hydrogen) atoms. The average molecular weight is 298 g/mol. The van der Waals surface area contributed by atoms with Crippen molar-refractivity contribution < 1.29 is 26.1 Å². The molecular formula is C5H5HgS. The number of hydrogen-bond donors (Lipinski definition) is 0. The van der Waals surface area contributed by atoms with Gasteiger partial charge >= 0.3 is 63.8 Å². The molecule has 0 aliphatic carbocycles. The fourth-order valence-corrected chi connectivity index (χ4v) is 3.16. The Labute approximate surface area is 63.5 Å². The van der Waals surface area contributed by atoms with Crippen LogP contribution in [0, 0.1) is 6.92 Å². The van der Waals surface area contributed by atoms with E-state index in [1.54, 1.807) is 3.07 Å². The van der Waals surface area contributed by atoms with Crippen molar-refractivity contribution >= 4 is 14.4 Å². The van der Waals surface area contributed by atoms with E-state index in [4.69, 9.17) is 0 Å². The van der Waals surface area contributed by atoms with E-state index >= 15 is 0 Å². The fourth-order valence-electron chi connectivity index (χ4n) is 0.411. The van der Waals surface area contributed by atoms with Crippen LogP contribution in [0.5, 0.6) is 0 Å². The summed E-state index contributed by atoms with van der Waals surface area (Å²) in [6.07, 6.45) is 0.